The Morgan fingerprint density at radius 3 is 2.83 bits per heavy atom. The second-order valence-electron chi connectivity index (χ2n) is 3.00. The zero-order valence-electron chi connectivity index (χ0n) is 6.68. The van der Waals surface area contributed by atoms with Crippen LogP contribution in [0.3, 0.4) is 0 Å². The van der Waals surface area contributed by atoms with Crippen molar-refractivity contribution in [3.63, 3.8) is 0 Å². The maximum atomic E-state index is 9.35. The molecule has 68 valence electrons. The number of fused-ring (bicyclic) bond motifs is 1. The molecule has 0 spiro atoms. The van der Waals surface area contributed by atoms with E-state index in [1.165, 1.54) is 6.26 Å². The molecule has 2 fully saturated rings. The lowest BCUT2D eigenvalue weighted by atomic mass is 10.1. The molecule has 12 heavy (non-hydrogen) atoms. The molecular weight excluding hydrogens is 160 g/mol. The lowest BCUT2D eigenvalue weighted by Gasteiger charge is -2.14. The van der Waals surface area contributed by atoms with Crippen LogP contribution >= 0.6 is 0 Å². The van der Waals surface area contributed by atoms with E-state index >= 15 is 0 Å². The van der Waals surface area contributed by atoms with E-state index in [0.717, 1.165) is 0 Å². The van der Waals surface area contributed by atoms with Crippen LogP contribution in [0, 0.1) is 0 Å². The molecule has 2 aliphatic heterocycles. The summed E-state index contributed by atoms with van der Waals surface area (Å²) in [4.78, 5) is 0. The number of ether oxygens (including phenoxy) is 3. The molecule has 0 saturated carbocycles. The van der Waals surface area contributed by atoms with Crippen molar-refractivity contribution in [2.45, 2.75) is 24.4 Å². The van der Waals surface area contributed by atoms with Crippen LogP contribution in [0.2, 0.25) is 0 Å². The summed E-state index contributed by atoms with van der Waals surface area (Å²) in [6.45, 7) is 4.27. The maximum Gasteiger partial charge on any atom is 0.150 e. The lowest BCUT2D eigenvalue weighted by Crippen LogP contribution is -2.31. The minimum absolute atomic E-state index is 0.107. The van der Waals surface area contributed by atoms with E-state index in [1.54, 1.807) is 0 Å². The van der Waals surface area contributed by atoms with E-state index in [2.05, 4.69) is 6.58 Å². The molecule has 0 aliphatic carbocycles. The van der Waals surface area contributed by atoms with Crippen molar-refractivity contribution in [1.82, 2.24) is 0 Å². The van der Waals surface area contributed by atoms with Crippen LogP contribution in [-0.4, -0.2) is 42.7 Å². The third-order valence-corrected chi connectivity index (χ3v) is 2.25. The van der Waals surface area contributed by atoms with Gasteiger partial charge in [0, 0.05) is 0 Å². The van der Waals surface area contributed by atoms with Crippen molar-refractivity contribution >= 4 is 0 Å². The second kappa shape index (κ2) is 3.05. The van der Waals surface area contributed by atoms with Crippen LogP contribution in [0.1, 0.15) is 0 Å². The fourth-order valence-corrected chi connectivity index (χ4v) is 1.68. The zero-order chi connectivity index (χ0) is 8.55. The third-order valence-electron chi connectivity index (χ3n) is 2.25. The van der Waals surface area contributed by atoms with Gasteiger partial charge in [0.15, 0.2) is 0 Å². The molecule has 2 saturated heterocycles. The monoisotopic (exact) mass is 172 g/mol. The van der Waals surface area contributed by atoms with Gasteiger partial charge in [-0.3, -0.25) is 0 Å². The van der Waals surface area contributed by atoms with Gasteiger partial charge in [-0.1, -0.05) is 6.58 Å². The molecule has 4 nitrogen and oxygen atoms in total. The molecule has 0 bridgehead atoms. The quantitative estimate of drug-likeness (QED) is 0.579. The molecule has 0 amide bonds. The number of hydrogen-bond acceptors (Lipinski definition) is 4. The predicted molar refractivity (Wildman–Crippen MR) is 40.6 cm³/mol. The van der Waals surface area contributed by atoms with Gasteiger partial charge in [0.2, 0.25) is 0 Å². The highest BCUT2D eigenvalue weighted by Gasteiger charge is 2.47. The smallest absolute Gasteiger partial charge is 0.150 e. The molecule has 2 rings (SSSR count). The van der Waals surface area contributed by atoms with Gasteiger partial charge in [-0.05, 0) is 0 Å². The van der Waals surface area contributed by atoms with Gasteiger partial charge in [0.05, 0.1) is 19.5 Å². The molecule has 4 unspecified atom stereocenters. The van der Waals surface area contributed by atoms with E-state index in [4.69, 9.17) is 14.2 Å². The Balaban J connectivity index is 2.00. The summed E-state index contributed by atoms with van der Waals surface area (Å²) >= 11 is 0. The Hall–Kier alpha value is -0.580. The average molecular weight is 172 g/mol. The van der Waals surface area contributed by atoms with Gasteiger partial charge in [-0.25, -0.2) is 0 Å². The summed E-state index contributed by atoms with van der Waals surface area (Å²) in [6.07, 6.45) is 0.427. The zero-order valence-corrected chi connectivity index (χ0v) is 6.68. The van der Waals surface area contributed by atoms with Crippen molar-refractivity contribution in [1.29, 1.82) is 0 Å². The largest absolute Gasteiger partial charge is 0.493 e. The van der Waals surface area contributed by atoms with E-state index in [9.17, 15) is 5.11 Å². The fourth-order valence-electron chi connectivity index (χ4n) is 1.68. The first kappa shape index (κ1) is 8.04. The number of rotatable bonds is 2. The van der Waals surface area contributed by atoms with Crippen molar-refractivity contribution in [2.24, 2.45) is 0 Å². The number of hydrogen-bond donors (Lipinski definition) is 1. The summed E-state index contributed by atoms with van der Waals surface area (Å²) in [5, 5.41) is 9.35. The molecule has 1 N–H and O–H groups in total. The van der Waals surface area contributed by atoms with Gasteiger partial charge in [0.25, 0.3) is 0 Å². The summed E-state index contributed by atoms with van der Waals surface area (Å²) in [6, 6.07) is 0. The van der Waals surface area contributed by atoms with Crippen LogP contribution in [0.5, 0.6) is 0 Å². The van der Waals surface area contributed by atoms with Gasteiger partial charge in [-0.15, -0.1) is 0 Å². The molecule has 2 aliphatic rings. The van der Waals surface area contributed by atoms with Crippen LogP contribution in [0.15, 0.2) is 12.8 Å². The third kappa shape index (κ3) is 1.12. The number of aliphatic hydroxyl groups is 1. The van der Waals surface area contributed by atoms with Crippen LogP contribution < -0.4 is 0 Å². The average Bonchev–Trinajstić information content (AvgIpc) is 2.58. The Morgan fingerprint density at radius 1 is 1.33 bits per heavy atom. The Labute approximate surface area is 70.7 Å². The SMILES string of the molecule is C=COC1COC2C(O)COC12. The minimum Gasteiger partial charge on any atom is -0.493 e. The van der Waals surface area contributed by atoms with Gasteiger partial charge >= 0.3 is 0 Å². The lowest BCUT2D eigenvalue weighted by molar-refractivity contribution is -0.00322. The summed E-state index contributed by atoms with van der Waals surface area (Å²) in [7, 11) is 0. The van der Waals surface area contributed by atoms with E-state index in [-0.39, 0.29) is 18.3 Å². The Kier molecular flexibility index (Phi) is 2.04. The standard InChI is InChI=1S/C8H12O4/c1-2-10-6-4-12-7-5(9)3-11-8(6)7/h2,5-9H,1,3-4H2. The van der Waals surface area contributed by atoms with Crippen LogP contribution in [0.25, 0.3) is 0 Å². The number of aliphatic hydroxyl groups excluding tert-OH is 1. The van der Waals surface area contributed by atoms with Gasteiger partial charge in [-0.2, -0.15) is 0 Å². The Bertz CT molecular complexity index is 182. The molecule has 4 atom stereocenters. The van der Waals surface area contributed by atoms with Crippen LogP contribution in [-0.2, 0) is 14.2 Å². The molecule has 0 radical (unpaired) electrons. The molecule has 4 heteroatoms. The molecule has 0 aromatic carbocycles. The van der Waals surface area contributed by atoms with Crippen LogP contribution in [0.4, 0.5) is 0 Å². The van der Waals surface area contributed by atoms with E-state index in [0.29, 0.717) is 13.2 Å². The summed E-state index contributed by atoms with van der Waals surface area (Å²) < 4.78 is 15.8. The van der Waals surface area contributed by atoms with Gasteiger partial charge in [0.1, 0.15) is 24.4 Å². The first-order valence-corrected chi connectivity index (χ1v) is 4.00. The van der Waals surface area contributed by atoms with E-state index < -0.39 is 6.10 Å². The van der Waals surface area contributed by atoms with Crippen molar-refractivity contribution in [2.75, 3.05) is 13.2 Å². The Morgan fingerprint density at radius 2 is 2.08 bits per heavy atom. The minimum atomic E-state index is -0.506. The molecule has 0 aromatic heterocycles. The second-order valence-corrected chi connectivity index (χ2v) is 3.00. The summed E-state index contributed by atoms with van der Waals surface area (Å²) in [5.41, 5.74) is 0. The predicted octanol–water partition coefficient (Wildman–Crippen LogP) is -0.326. The fraction of sp³-hybridized carbons (Fsp3) is 0.750. The molecule has 2 heterocycles. The summed E-state index contributed by atoms with van der Waals surface area (Å²) in [5.74, 6) is 0. The van der Waals surface area contributed by atoms with Crippen molar-refractivity contribution < 1.29 is 19.3 Å². The van der Waals surface area contributed by atoms with Gasteiger partial charge < -0.3 is 19.3 Å². The first-order chi connectivity index (χ1) is 5.83. The van der Waals surface area contributed by atoms with Crippen molar-refractivity contribution in [3.8, 4) is 0 Å². The van der Waals surface area contributed by atoms with E-state index in [1.807, 2.05) is 0 Å². The first-order valence-electron chi connectivity index (χ1n) is 4.00. The highest BCUT2D eigenvalue weighted by atomic mass is 16.6. The maximum absolute atomic E-state index is 9.35. The highest BCUT2D eigenvalue weighted by molar-refractivity contribution is 4.95. The normalized spacial score (nSPS) is 45.8. The molecular formula is C8H12O4. The topological polar surface area (TPSA) is 47.9 Å². The van der Waals surface area contributed by atoms with Crippen molar-refractivity contribution in [3.05, 3.63) is 12.8 Å². The highest BCUT2D eigenvalue weighted by Crippen LogP contribution is 2.28. The molecule has 0 aromatic rings.